The summed E-state index contributed by atoms with van der Waals surface area (Å²) >= 11 is 0. The Bertz CT molecular complexity index is 2850. The molecule has 10 rings (SSSR count). The molecule has 0 aliphatic rings. The molecule has 0 fully saturated rings. The van der Waals surface area contributed by atoms with E-state index >= 15 is 0 Å². The molecule has 0 saturated carbocycles. The molecule has 0 N–H and O–H groups in total. The van der Waals surface area contributed by atoms with Crippen molar-refractivity contribution < 1.29 is 4.42 Å². The van der Waals surface area contributed by atoms with E-state index in [0.717, 1.165) is 50.1 Å². The number of nitrogens with zero attached hydrogens (tertiary/aromatic N) is 1. The van der Waals surface area contributed by atoms with E-state index in [1.807, 2.05) is 12.1 Å². The Morgan fingerprint density at radius 2 is 0.712 bits per heavy atom. The van der Waals surface area contributed by atoms with Gasteiger partial charge in [-0.05, 0) is 93.0 Å². The first kappa shape index (κ1) is 35.7. The fourth-order valence-electron chi connectivity index (χ4n) is 8.58. The monoisotopic (exact) mass is 755 g/mol. The summed E-state index contributed by atoms with van der Waals surface area (Å²) in [6.45, 7) is 0. The molecule has 0 amide bonds. The van der Waals surface area contributed by atoms with E-state index in [4.69, 9.17) is 4.42 Å². The first-order chi connectivity index (χ1) is 29.2. The van der Waals surface area contributed by atoms with Crippen LogP contribution in [0.25, 0.3) is 45.2 Å². The topological polar surface area (TPSA) is 16.4 Å². The Morgan fingerprint density at radius 1 is 0.322 bits per heavy atom. The van der Waals surface area contributed by atoms with Gasteiger partial charge < -0.3 is 9.32 Å². The third kappa shape index (κ3) is 6.81. The van der Waals surface area contributed by atoms with E-state index in [0.29, 0.717) is 0 Å². The molecule has 0 atom stereocenters. The van der Waals surface area contributed by atoms with Gasteiger partial charge in [-0.15, -0.1) is 0 Å². The van der Waals surface area contributed by atoms with Crippen LogP contribution in [0.3, 0.4) is 0 Å². The number of para-hydroxylation sites is 2. The number of rotatable bonds is 10. The number of hydrogen-bond acceptors (Lipinski definition) is 2. The molecule has 0 bridgehead atoms. The van der Waals surface area contributed by atoms with Crippen LogP contribution in [0.1, 0.15) is 33.4 Å². The molecule has 2 heteroatoms. The van der Waals surface area contributed by atoms with Crippen molar-refractivity contribution in [2.24, 2.45) is 0 Å². The molecule has 280 valence electrons. The highest BCUT2D eigenvalue weighted by atomic mass is 16.3. The van der Waals surface area contributed by atoms with Gasteiger partial charge in [-0.1, -0.05) is 194 Å². The zero-order valence-corrected chi connectivity index (χ0v) is 32.5. The van der Waals surface area contributed by atoms with Crippen molar-refractivity contribution in [2.45, 2.75) is 5.41 Å². The molecule has 1 aromatic heterocycles. The van der Waals surface area contributed by atoms with Gasteiger partial charge in [0.2, 0.25) is 0 Å². The number of hydrogen-bond donors (Lipinski definition) is 0. The second-order valence-electron chi connectivity index (χ2n) is 14.9. The van der Waals surface area contributed by atoms with Gasteiger partial charge in [-0.2, -0.15) is 0 Å². The van der Waals surface area contributed by atoms with Gasteiger partial charge in [-0.25, -0.2) is 0 Å². The van der Waals surface area contributed by atoms with Crippen LogP contribution >= 0.6 is 0 Å². The van der Waals surface area contributed by atoms with E-state index in [2.05, 4.69) is 242 Å². The van der Waals surface area contributed by atoms with Crippen LogP contribution in [0.2, 0.25) is 0 Å². The number of benzene rings is 9. The number of fused-ring (bicyclic) bond motifs is 3. The molecule has 0 radical (unpaired) electrons. The molecule has 2 nitrogen and oxygen atoms in total. The average molecular weight is 756 g/mol. The Balaban J connectivity index is 0.914. The van der Waals surface area contributed by atoms with E-state index in [1.165, 1.54) is 33.4 Å². The molecule has 0 saturated heterocycles. The van der Waals surface area contributed by atoms with Gasteiger partial charge in [0.1, 0.15) is 11.2 Å². The van der Waals surface area contributed by atoms with Crippen molar-refractivity contribution >= 4 is 51.2 Å². The highest BCUT2D eigenvalue weighted by molar-refractivity contribution is 6.06. The largest absolute Gasteiger partial charge is 0.456 e. The van der Waals surface area contributed by atoms with Crippen LogP contribution in [-0.2, 0) is 5.41 Å². The molecular weight excluding hydrogens is 715 g/mol. The van der Waals surface area contributed by atoms with Crippen LogP contribution in [0.5, 0.6) is 0 Å². The maximum Gasteiger partial charge on any atom is 0.137 e. The maximum atomic E-state index is 6.52. The Morgan fingerprint density at radius 3 is 1.22 bits per heavy atom. The third-order valence-electron chi connectivity index (χ3n) is 11.4. The third-order valence-corrected chi connectivity index (χ3v) is 11.4. The van der Waals surface area contributed by atoms with Gasteiger partial charge in [0, 0.05) is 33.9 Å². The van der Waals surface area contributed by atoms with Crippen LogP contribution in [-0.4, -0.2) is 0 Å². The Labute approximate surface area is 345 Å². The smallest absolute Gasteiger partial charge is 0.137 e. The number of anilines is 3. The molecule has 1 heterocycles. The minimum atomic E-state index is -0.461. The van der Waals surface area contributed by atoms with Crippen LogP contribution < -0.4 is 4.90 Å². The van der Waals surface area contributed by atoms with Crippen molar-refractivity contribution in [3.05, 3.63) is 270 Å². The average Bonchev–Trinajstić information content (AvgIpc) is 3.68. The lowest BCUT2D eigenvalue weighted by Crippen LogP contribution is -2.30. The first-order valence-electron chi connectivity index (χ1n) is 20.2. The minimum absolute atomic E-state index is 0.461. The summed E-state index contributed by atoms with van der Waals surface area (Å²) in [5, 5.41) is 2.22. The van der Waals surface area contributed by atoms with E-state index < -0.39 is 5.41 Å². The quantitative estimate of drug-likeness (QED) is 0.102. The van der Waals surface area contributed by atoms with Crippen LogP contribution in [0.4, 0.5) is 17.1 Å². The van der Waals surface area contributed by atoms with Gasteiger partial charge in [0.05, 0.1) is 5.41 Å². The highest BCUT2D eigenvalue weighted by Crippen LogP contribution is 2.45. The summed E-state index contributed by atoms with van der Waals surface area (Å²) in [6, 6.07) is 84.4. The number of furan rings is 1. The summed E-state index contributed by atoms with van der Waals surface area (Å²) in [7, 11) is 0. The standard InChI is InChI=1S/C57H41NO/c1-6-16-46(17-7-1)57(47-18-8-2-9-19-47,48-20-10-3-11-21-48)49-35-33-45(34-36-49)44-31-28-42(29-32-44)26-27-43-30-38-53-54-39-37-52(41-56(54)59-55(53)40-43)58(50-22-12-4-13-23-50)51-24-14-5-15-25-51/h1-41H/b27-26+. The second kappa shape index (κ2) is 15.7. The lowest BCUT2D eigenvalue weighted by atomic mass is 9.65. The summed E-state index contributed by atoms with van der Waals surface area (Å²) in [6.07, 6.45) is 4.32. The highest BCUT2D eigenvalue weighted by Gasteiger charge is 2.38. The Hall–Kier alpha value is -7.68. The second-order valence-corrected chi connectivity index (χ2v) is 14.9. The van der Waals surface area contributed by atoms with Gasteiger partial charge in [0.15, 0.2) is 0 Å². The molecule has 10 aromatic rings. The van der Waals surface area contributed by atoms with E-state index in [1.54, 1.807) is 0 Å². The molecule has 0 aliphatic carbocycles. The van der Waals surface area contributed by atoms with Crippen LogP contribution in [0.15, 0.2) is 241 Å². The van der Waals surface area contributed by atoms with Crippen molar-refractivity contribution in [2.75, 3.05) is 4.90 Å². The first-order valence-corrected chi connectivity index (χ1v) is 20.2. The van der Waals surface area contributed by atoms with E-state index in [9.17, 15) is 0 Å². The summed E-state index contributed by atoms with van der Waals surface area (Å²) in [5.41, 5.74) is 14.1. The fraction of sp³-hybridized carbons (Fsp3) is 0.0175. The summed E-state index contributed by atoms with van der Waals surface area (Å²) < 4.78 is 6.52. The lowest BCUT2D eigenvalue weighted by molar-refractivity contribution is 0.669. The molecule has 0 aliphatic heterocycles. The van der Waals surface area contributed by atoms with Crippen LogP contribution in [0, 0.1) is 0 Å². The normalized spacial score (nSPS) is 11.7. The zero-order valence-electron chi connectivity index (χ0n) is 32.5. The van der Waals surface area contributed by atoms with Crippen molar-refractivity contribution in [1.82, 2.24) is 0 Å². The van der Waals surface area contributed by atoms with Crippen molar-refractivity contribution in [3.63, 3.8) is 0 Å². The predicted molar refractivity (Wildman–Crippen MR) is 248 cm³/mol. The summed E-state index contributed by atoms with van der Waals surface area (Å²) in [5.74, 6) is 0. The summed E-state index contributed by atoms with van der Waals surface area (Å²) in [4.78, 5) is 2.26. The molecular formula is C57H41NO. The lowest BCUT2D eigenvalue weighted by Gasteiger charge is -2.37. The molecule has 9 aromatic carbocycles. The maximum absolute atomic E-state index is 6.52. The zero-order chi connectivity index (χ0) is 39.4. The van der Waals surface area contributed by atoms with E-state index in [-0.39, 0.29) is 0 Å². The molecule has 0 unspecified atom stereocenters. The SMILES string of the molecule is C(=C\c1ccc2c(c1)oc1cc(N(c3ccccc3)c3ccccc3)ccc12)/c1ccc(-c2ccc(C(c3ccccc3)(c3ccccc3)c3ccccc3)cc2)cc1. The molecule has 0 spiro atoms. The predicted octanol–water partition coefficient (Wildman–Crippen LogP) is 15.3. The molecule has 59 heavy (non-hydrogen) atoms. The Kier molecular flexibility index (Phi) is 9.50. The van der Waals surface area contributed by atoms with Crippen molar-refractivity contribution in [1.29, 1.82) is 0 Å². The van der Waals surface area contributed by atoms with Gasteiger partial charge >= 0.3 is 0 Å². The van der Waals surface area contributed by atoms with Crippen molar-refractivity contribution in [3.8, 4) is 11.1 Å². The van der Waals surface area contributed by atoms with Gasteiger partial charge in [0.25, 0.3) is 0 Å². The fourth-order valence-corrected chi connectivity index (χ4v) is 8.58. The van der Waals surface area contributed by atoms with Gasteiger partial charge in [-0.3, -0.25) is 0 Å². The minimum Gasteiger partial charge on any atom is -0.456 e.